The van der Waals surface area contributed by atoms with Gasteiger partial charge in [-0.1, -0.05) is 20.8 Å². The molecule has 1 rings (SSSR count). The predicted octanol–water partition coefficient (Wildman–Crippen LogP) is 2.39. The molecule has 5 nitrogen and oxygen atoms in total. The Morgan fingerprint density at radius 1 is 1.26 bits per heavy atom. The summed E-state index contributed by atoms with van der Waals surface area (Å²) in [5.41, 5.74) is -0.677. The summed E-state index contributed by atoms with van der Waals surface area (Å²) in [6, 6.07) is 0. The van der Waals surface area contributed by atoms with Crippen molar-refractivity contribution < 1.29 is 9.53 Å². The van der Waals surface area contributed by atoms with Crippen LogP contribution in [0.4, 0.5) is 0 Å². The van der Waals surface area contributed by atoms with E-state index in [1.807, 2.05) is 27.8 Å². The molecule has 0 amide bonds. The van der Waals surface area contributed by atoms with E-state index in [0.717, 1.165) is 24.5 Å². The molecule has 0 saturated heterocycles. The van der Waals surface area contributed by atoms with Gasteiger partial charge in [-0.3, -0.25) is 9.48 Å². The van der Waals surface area contributed by atoms with Gasteiger partial charge in [-0.2, -0.15) is 5.10 Å². The lowest BCUT2D eigenvalue weighted by molar-refractivity contribution is -0.151. The highest BCUT2D eigenvalue weighted by Crippen LogP contribution is 2.31. The Labute approximate surface area is 115 Å². The van der Waals surface area contributed by atoms with E-state index in [1.165, 1.54) is 0 Å². The molecule has 0 aliphatic rings. The molecule has 108 valence electrons. The summed E-state index contributed by atoms with van der Waals surface area (Å²) in [6.45, 7) is 8.30. The highest BCUT2D eigenvalue weighted by Gasteiger charge is 2.42. The monoisotopic (exact) mass is 267 g/mol. The number of esters is 1. The van der Waals surface area contributed by atoms with Crippen LogP contribution >= 0.6 is 0 Å². The van der Waals surface area contributed by atoms with Crippen LogP contribution in [0.2, 0.25) is 0 Å². The molecule has 1 aromatic rings. The molecule has 1 heterocycles. The summed E-state index contributed by atoms with van der Waals surface area (Å²) in [4.78, 5) is 16.9. The Hall–Kier alpha value is -1.39. The third-order valence-electron chi connectivity index (χ3n) is 3.58. The van der Waals surface area contributed by atoms with Gasteiger partial charge in [0, 0.05) is 13.5 Å². The molecule has 0 N–H and O–H groups in total. The Morgan fingerprint density at radius 2 is 1.89 bits per heavy atom. The Morgan fingerprint density at radius 3 is 2.37 bits per heavy atom. The lowest BCUT2D eigenvalue weighted by atomic mass is 9.81. The second-order valence-corrected chi connectivity index (χ2v) is 4.73. The van der Waals surface area contributed by atoms with E-state index in [4.69, 9.17) is 4.74 Å². The zero-order valence-electron chi connectivity index (χ0n) is 12.7. The van der Waals surface area contributed by atoms with Gasteiger partial charge >= 0.3 is 5.97 Å². The van der Waals surface area contributed by atoms with Gasteiger partial charge in [0.15, 0.2) is 5.82 Å². The number of carbonyl (C=O) groups excluding carboxylic acids is 1. The molecule has 0 radical (unpaired) electrons. The number of hydrogen-bond donors (Lipinski definition) is 0. The SMILES string of the molecule is CCCc1nc(C(CC)(CC)C(=O)OCC)n(C)n1. The Bertz CT molecular complexity index is 422. The molecule has 1 aromatic heterocycles. The van der Waals surface area contributed by atoms with Crippen LogP contribution in [0.15, 0.2) is 0 Å². The fourth-order valence-corrected chi connectivity index (χ4v) is 2.40. The second kappa shape index (κ2) is 6.68. The predicted molar refractivity (Wildman–Crippen MR) is 73.9 cm³/mol. The van der Waals surface area contributed by atoms with Crippen molar-refractivity contribution in [3.63, 3.8) is 0 Å². The smallest absolute Gasteiger partial charge is 0.319 e. The lowest BCUT2D eigenvalue weighted by Crippen LogP contribution is -2.39. The first-order chi connectivity index (χ1) is 9.05. The topological polar surface area (TPSA) is 57.0 Å². The third kappa shape index (κ3) is 2.96. The third-order valence-corrected chi connectivity index (χ3v) is 3.58. The maximum atomic E-state index is 12.3. The first kappa shape index (κ1) is 15.7. The molecular weight excluding hydrogens is 242 g/mol. The molecule has 19 heavy (non-hydrogen) atoms. The van der Waals surface area contributed by atoms with Gasteiger partial charge in [0.1, 0.15) is 11.2 Å². The zero-order valence-corrected chi connectivity index (χ0v) is 12.7. The minimum absolute atomic E-state index is 0.196. The Kier molecular flexibility index (Phi) is 5.51. The summed E-state index contributed by atoms with van der Waals surface area (Å²) >= 11 is 0. The van der Waals surface area contributed by atoms with Crippen molar-refractivity contribution in [1.82, 2.24) is 14.8 Å². The van der Waals surface area contributed by atoms with Gasteiger partial charge in [0.05, 0.1) is 6.61 Å². The molecule has 0 aliphatic carbocycles. The van der Waals surface area contributed by atoms with Gasteiger partial charge in [0.25, 0.3) is 0 Å². The average molecular weight is 267 g/mol. The van der Waals surface area contributed by atoms with E-state index < -0.39 is 5.41 Å². The fraction of sp³-hybridized carbons (Fsp3) is 0.786. The van der Waals surface area contributed by atoms with E-state index in [1.54, 1.807) is 4.68 Å². The van der Waals surface area contributed by atoms with Crippen LogP contribution in [0, 0.1) is 0 Å². The minimum Gasteiger partial charge on any atom is -0.465 e. The van der Waals surface area contributed by atoms with Crippen molar-refractivity contribution in [2.45, 2.75) is 58.8 Å². The molecule has 0 aromatic carbocycles. The van der Waals surface area contributed by atoms with E-state index in [2.05, 4.69) is 17.0 Å². The average Bonchev–Trinajstić information content (AvgIpc) is 2.74. The highest BCUT2D eigenvalue weighted by atomic mass is 16.5. The molecular formula is C14H25N3O2. The maximum absolute atomic E-state index is 12.3. The van der Waals surface area contributed by atoms with Crippen LogP contribution in [-0.2, 0) is 28.4 Å². The zero-order chi connectivity index (χ0) is 14.5. The largest absolute Gasteiger partial charge is 0.465 e. The van der Waals surface area contributed by atoms with Crippen molar-refractivity contribution in [2.75, 3.05) is 6.61 Å². The molecule has 0 spiro atoms. The highest BCUT2D eigenvalue weighted by molar-refractivity contribution is 5.82. The molecule has 0 bridgehead atoms. The van der Waals surface area contributed by atoms with Crippen molar-refractivity contribution >= 4 is 5.97 Å². The summed E-state index contributed by atoms with van der Waals surface area (Å²) in [7, 11) is 1.85. The number of nitrogens with zero attached hydrogens (tertiary/aromatic N) is 3. The van der Waals surface area contributed by atoms with Crippen molar-refractivity contribution in [3.8, 4) is 0 Å². The molecule has 0 unspecified atom stereocenters. The number of aryl methyl sites for hydroxylation is 2. The van der Waals surface area contributed by atoms with E-state index >= 15 is 0 Å². The number of hydrogen-bond acceptors (Lipinski definition) is 4. The number of aromatic nitrogens is 3. The summed E-state index contributed by atoms with van der Waals surface area (Å²) in [5.74, 6) is 1.33. The fourth-order valence-electron chi connectivity index (χ4n) is 2.40. The molecule has 0 fully saturated rings. The van der Waals surface area contributed by atoms with E-state index in [9.17, 15) is 4.79 Å². The number of rotatable bonds is 7. The first-order valence-corrected chi connectivity index (χ1v) is 7.13. The number of ether oxygens (including phenoxy) is 1. The van der Waals surface area contributed by atoms with Gasteiger partial charge in [0.2, 0.25) is 0 Å². The first-order valence-electron chi connectivity index (χ1n) is 7.13. The van der Waals surface area contributed by atoms with Crippen LogP contribution in [0.1, 0.15) is 58.6 Å². The summed E-state index contributed by atoms with van der Waals surface area (Å²) < 4.78 is 6.98. The van der Waals surface area contributed by atoms with Crippen LogP contribution in [-0.4, -0.2) is 27.3 Å². The quantitative estimate of drug-likeness (QED) is 0.712. The van der Waals surface area contributed by atoms with Gasteiger partial charge in [-0.25, -0.2) is 4.98 Å². The van der Waals surface area contributed by atoms with E-state index in [0.29, 0.717) is 19.4 Å². The van der Waals surface area contributed by atoms with Crippen molar-refractivity contribution in [2.24, 2.45) is 7.05 Å². The van der Waals surface area contributed by atoms with Crippen LogP contribution in [0.3, 0.4) is 0 Å². The van der Waals surface area contributed by atoms with Crippen LogP contribution in [0.25, 0.3) is 0 Å². The van der Waals surface area contributed by atoms with Crippen LogP contribution in [0.5, 0.6) is 0 Å². The van der Waals surface area contributed by atoms with Crippen molar-refractivity contribution in [1.29, 1.82) is 0 Å². The molecule has 0 saturated carbocycles. The number of carbonyl (C=O) groups is 1. The normalized spacial score (nSPS) is 11.6. The standard InChI is InChI=1S/C14H25N3O2/c1-6-10-11-15-12(17(5)16-11)14(7-2,8-3)13(18)19-9-4/h6-10H2,1-5H3. The van der Waals surface area contributed by atoms with Gasteiger partial charge in [-0.05, 0) is 26.2 Å². The minimum atomic E-state index is -0.677. The maximum Gasteiger partial charge on any atom is 0.319 e. The lowest BCUT2D eigenvalue weighted by Gasteiger charge is -2.27. The van der Waals surface area contributed by atoms with Gasteiger partial charge in [-0.15, -0.1) is 0 Å². The van der Waals surface area contributed by atoms with E-state index in [-0.39, 0.29) is 5.97 Å². The molecule has 5 heteroatoms. The second-order valence-electron chi connectivity index (χ2n) is 4.73. The summed E-state index contributed by atoms with van der Waals surface area (Å²) in [6.07, 6.45) is 3.16. The molecule has 0 aliphatic heterocycles. The van der Waals surface area contributed by atoms with Crippen molar-refractivity contribution in [3.05, 3.63) is 11.6 Å². The summed E-state index contributed by atoms with van der Waals surface area (Å²) in [5, 5.41) is 4.40. The Balaban J connectivity index is 3.21. The van der Waals surface area contributed by atoms with Gasteiger partial charge < -0.3 is 4.74 Å². The molecule has 0 atom stereocenters. The van der Waals surface area contributed by atoms with Crippen LogP contribution < -0.4 is 0 Å².